The van der Waals surface area contributed by atoms with Crippen molar-refractivity contribution >= 4 is 17.3 Å². The van der Waals surface area contributed by atoms with Crippen LogP contribution >= 0.6 is 11.6 Å². The van der Waals surface area contributed by atoms with Gasteiger partial charge in [-0.05, 0) is 77.9 Å². The monoisotopic (exact) mass is 310 g/mol. The van der Waals surface area contributed by atoms with Crippen LogP contribution in [0.1, 0.15) is 33.6 Å². The molecule has 1 aliphatic rings. The molecule has 0 amide bonds. The number of likely N-dealkylation sites (tertiary alicyclic amines) is 1. The molecule has 0 bridgehead atoms. The first-order chi connectivity index (χ1) is 9.95. The maximum atomic E-state index is 6.29. The number of rotatable bonds is 5. The zero-order chi connectivity index (χ0) is 15.4. The molecule has 1 saturated heterocycles. The first kappa shape index (κ1) is 16.4. The molecule has 1 aromatic carbocycles. The Morgan fingerprint density at radius 2 is 1.90 bits per heavy atom. The Bertz CT molecular complexity index is 456. The summed E-state index contributed by atoms with van der Waals surface area (Å²) in [5.41, 5.74) is 1.07. The van der Waals surface area contributed by atoms with Crippen LogP contribution < -0.4 is 10.1 Å². The highest BCUT2D eigenvalue weighted by molar-refractivity contribution is 6.32. The highest BCUT2D eigenvalue weighted by Crippen LogP contribution is 2.30. The Morgan fingerprint density at radius 3 is 2.48 bits per heavy atom. The molecule has 1 fully saturated rings. The molecule has 0 aliphatic carbocycles. The van der Waals surface area contributed by atoms with E-state index < -0.39 is 0 Å². The molecule has 0 radical (unpaired) electrons. The average Bonchev–Trinajstić information content (AvgIpc) is 2.42. The highest BCUT2D eigenvalue weighted by atomic mass is 35.5. The van der Waals surface area contributed by atoms with E-state index in [2.05, 4.69) is 30.3 Å². The second-order valence-electron chi connectivity index (χ2n) is 6.39. The third kappa shape index (κ3) is 4.79. The van der Waals surface area contributed by atoms with Gasteiger partial charge in [0, 0.05) is 11.7 Å². The smallest absolute Gasteiger partial charge is 0.138 e. The molecule has 0 saturated carbocycles. The predicted molar refractivity (Wildman–Crippen MR) is 90.5 cm³/mol. The van der Waals surface area contributed by atoms with E-state index >= 15 is 0 Å². The van der Waals surface area contributed by atoms with E-state index in [1.54, 1.807) is 0 Å². The van der Waals surface area contributed by atoms with Crippen LogP contribution in [0.2, 0.25) is 5.02 Å². The highest BCUT2D eigenvalue weighted by Gasteiger charge is 2.22. The Balaban J connectivity index is 1.94. The number of halogens is 1. The zero-order valence-corrected chi connectivity index (χ0v) is 14.3. The quantitative estimate of drug-likeness (QED) is 0.879. The number of nitrogens with one attached hydrogen (secondary N) is 1. The van der Waals surface area contributed by atoms with E-state index in [-0.39, 0.29) is 6.10 Å². The summed E-state index contributed by atoms with van der Waals surface area (Å²) in [7, 11) is 2.20. The van der Waals surface area contributed by atoms with Crippen molar-refractivity contribution in [3.05, 3.63) is 23.2 Å². The molecule has 1 heterocycles. The fourth-order valence-corrected chi connectivity index (χ4v) is 3.07. The van der Waals surface area contributed by atoms with Crippen LogP contribution in [-0.2, 0) is 0 Å². The van der Waals surface area contributed by atoms with E-state index in [1.165, 1.54) is 25.9 Å². The van der Waals surface area contributed by atoms with Crippen LogP contribution in [0.25, 0.3) is 0 Å². The Morgan fingerprint density at radius 1 is 1.24 bits per heavy atom. The molecule has 0 aromatic heterocycles. The summed E-state index contributed by atoms with van der Waals surface area (Å²) >= 11 is 6.29. The molecule has 1 aromatic rings. The van der Waals surface area contributed by atoms with Crippen LogP contribution in [0.3, 0.4) is 0 Å². The average molecular weight is 311 g/mol. The van der Waals surface area contributed by atoms with E-state index in [0.717, 1.165) is 17.4 Å². The fraction of sp³-hybridized carbons (Fsp3) is 0.647. The minimum absolute atomic E-state index is 0.138. The number of benzene rings is 1. The Hall–Kier alpha value is -0.930. The van der Waals surface area contributed by atoms with Crippen molar-refractivity contribution in [2.45, 2.75) is 45.8 Å². The molecule has 4 heteroatoms. The summed E-state index contributed by atoms with van der Waals surface area (Å²) in [5, 5.41) is 4.26. The van der Waals surface area contributed by atoms with Crippen molar-refractivity contribution < 1.29 is 4.74 Å². The predicted octanol–water partition coefficient (Wildman–Crippen LogP) is 4.27. The molecule has 1 N–H and O–H groups in total. The fourth-order valence-electron chi connectivity index (χ4n) is 2.85. The number of nitrogens with zero attached hydrogens (tertiary/aromatic N) is 1. The first-order valence-electron chi connectivity index (χ1n) is 7.87. The summed E-state index contributed by atoms with van der Waals surface area (Å²) in [4.78, 5) is 2.40. The number of piperidine rings is 1. The van der Waals surface area contributed by atoms with Crippen molar-refractivity contribution in [2.75, 3.05) is 25.5 Å². The summed E-state index contributed by atoms with van der Waals surface area (Å²) < 4.78 is 5.67. The molecule has 118 valence electrons. The first-order valence-corrected chi connectivity index (χ1v) is 8.25. The standard InChI is InChI=1S/C17H27ClN2O/c1-12(2)21-17-6-5-15(11-16(17)18)19-13(3)14-7-9-20(4)10-8-14/h5-6,11-14,19H,7-10H2,1-4H3. The van der Waals surface area contributed by atoms with Gasteiger partial charge in [-0.15, -0.1) is 0 Å². The van der Waals surface area contributed by atoms with Crippen molar-refractivity contribution in [1.29, 1.82) is 0 Å². The minimum atomic E-state index is 0.138. The summed E-state index contributed by atoms with van der Waals surface area (Å²) in [6, 6.07) is 6.43. The van der Waals surface area contributed by atoms with Gasteiger partial charge in [-0.25, -0.2) is 0 Å². The van der Waals surface area contributed by atoms with E-state index in [4.69, 9.17) is 16.3 Å². The van der Waals surface area contributed by atoms with Gasteiger partial charge in [0.2, 0.25) is 0 Å². The topological polar surface area (TPSA) is 24.5 Å². The van der Waals surface area contributed by atoms with Gasteiger partial charge >= 0.3 is 0 Å². The molecule has 21 heavy (non-hydrogen) atoms. The van der Waals surface area contributed by atoms with Gasteiger partial charge in [0.05, 0.1) is 11.1 Å². The van der Waals surface area contributed by atoms with Crippen molar-refractivity contribution in [2.24, 2.45) is 5.92 Å². The molecule has 2 rings (SSSR count). The molecule has 0 spiro atoms. The second-order valence-corrected chi connectivity index (χ2v) is 6.79. The number of hydrogen-bond acceptors (Lipinski definition) is 3. The van der Waals surface area contributed by atoms with Crippen molar-refractivity contribution in [3.63, 3.8) is 0 Å². The van der Waals surface area contributed by atoms with Gasteiger partial charge < -0.3 is 15.0 Å². The minimum Gasteiger partial charge on any atom is -0.489 e. The lowest BCUT2D eigenvalue weighted by Crippen LogP contribution is -2.37. The molecule has 1 unspecified atom stereocenters. The lowest BCUT2D eigenvalue weighted by molar-refractivity contribution is 0.208. The van der Waals surface area contributed by atoms with Gasteiger partial charge in [0.15, 0.2) is 0 Å². The molecule has 3 nitrogen and oxygen atoms in total. The Labute approximate surface area is 133 Å². The normalized spacial score (nSPS) is 18.8. The van der Waals surface area contributed by atoms with Gasteiger partial charge in [-0.2, -0.15) is 0 Å². The van der Waals surface area contributed by atoms with Crippen molar-refractivity contribution in [1.82, 2.24) is 4.90 Å². The molecule has 1 atom stereocenters. The van der Waals surface area contributed by atoms with E-state index in [0.29, 0.717) is 11.1 Å². The zero-order valence-electron chi connectivity index (χ0n) is 13.5. The SMILES string of the molecule is CC(C)Oc1ccc(NC(C)C2CCN(C)CC2)cc1Cl. The van der Waals surface area contributed by atoms with Crippen molar-refractivity contribution in [3.8, 4) is 5.75 Å². The summed E-state index contributed by atoms with van der Waals surface area (Å²) in [6.07, 6.45) is 2.65. The van der Waals surface area contributed by atoms with E-state index in [9.17, 15) is 0 Å². The largest absolute Gasteiger partial charge is 0.489 e. The number of hydrogen-bond donors (Lipinski definition) is 1. The number of anilines is 1. The third-order valence-electron chi connectivity index (χ3n) is 4.16. The lowest BCUT2D eigenvalue weighted by atomic mass is 9.90. The summed E-state index contributed by atoms with van der Waals surface area (Å²) in [6.45, 7) is 8.66. The van der Waals surface area contributed by atoms with Gasteiger partial charge in [0.1, 0.15) is 5.75 Å². The van der Waals surface area contributed by atoms with Crippen LogP contribution in [-0.4, -0.2) is 37.2 Å². The van der Waals surface area contributed by atoms with Crippen LogP contribution in [0.4, 0.5) is 5.69 Å². The maximum Gasteiger partial charge on any atom is 0.138 e. The summed E-state index contributed by atoms with van der Waals surface area (Å²) in [5.74, 6) is 1.48. The third-order valence-corrected chi connectivity index (χ3v) is 4.45. The Kier molecular flexibility index (Phi) is 5.77. The van der Waals surface area contributed by atoms with Gasteiger partial charge in [0.25, 0.3) is 0 Å². The lowest BCUT2D eigenvalue weighted by Gasteiger charge is -2.33. The maximum absolute atomic E-state index is 6.29. The van der Waals surface area contributed by atoms with Gasteiger partial charge in [-0.3, -0.25) is 0 Å². The molecular weight excluding hydrogens is 284 g/mol. The van der Waals surface area contributed by atoms with Crippen LogP contribution in [0.15, 0.2) is 18.2 Å². The van der Waals surface area contributed by atoms with Crippen LogP contribution in [0.5, 0.6) is 5.75 Å². The number of ether oxygens (including phenoxy) is 1. The molecule has 1 aliphatic heterocycles. The van der Waals surface area contributed by atoms with Gasteiger partial charge in [-0.1, -0.05) is 11.6 Å². The second kappa shape index (κ2) is 7.37. The van der Waals surface area contributed by atoms with Crippen LogP contribution in [0, 0.1) is 5.92 Å². The van der Waals surface area contributed by atoms with E-state index in [1.807, 2.05) is 26.0 Å². The molecular formula is C17H27ClN2O.